The minimum atomic E-state index is 0.175. The zero-order valence-electron chi connectivity index (χ0n) is 10.3. The number of halogens is 1. The Kier molecular flexibility index (Phi) is 4.86. The van der Waals surface area contributed by atoms with Gasteiger partial charge in [-0.05, 0) is 38.1 Å². The summed E-state index contributed by atoms with van der Waals surface area (Å²) >= 11 is 6.04. The molecular formula is C14H17ClN2O. The molecule has 1 saturated heterocycles. The maximum atomic E-state index is 8.89. The van der Waals surface area contributed by atoms with Gasteiger partial charge in [-0.15, -0.1) is 0 Å². The van der Waals surface area contributed by atoms with Crippen LogP contribution in [-0.4, -0.2) is 30.6 Å². The van der Waals surface area contributed by atoms with Crippen LogP contribution < -0.4 is 4.74 Å². The molecule has 96 valence electrons. The molecule has 0 N–H and O–H groups in total. The molecule has 3 nitrogen and oxygen atoms in total. The lowest BCUT2D eigenvalue weighted by atomic mass is 10.2. The topological polar surface area (TPSA) is 36.3 Å². The molecule has 1 heterocycles. The molecule has 0 aliphatic carbocycles. The Morgan fingerprint density at radius 3 is 2.72 bits per heavy atom. The normalized spacial score (nSPS) is 17.3. The van der Waals surface area contributed by atoms with Gasteiger partial charge in [0.15, 0.2) is 0 Å². The lowest BCUT2D eigenvalue weighted by molar-refractivity contribution is 0.162. The maximum absolute atomic E-state index is 8.89. The summed E-state index contributed by atoms with van der Waals surface area (Å²) in [6, 6.07) is 9.86. The molecule has 1 unspecified atom stereocenters. The third kappa shape index (κ3) is 3.38. The number of hydrogen-bond donors (Lipinski definition) is 0. The Balaban J connectivity index is 1.93. The van der Waals surface area contributed by atoms with Crippen molar-refractivity contribution >= 4 is 11.6 Å². The van der Waals surface area contributed by atoms with Crippen LogP contribution in [0.25, 0.3) is 0 Å². The molecule has 2 rings (SSSR count). The molecule has 1 aliphatic rings. The van der Waals surface area contributed by atoms with Crippen molar-refractivity contribution in [3.8, 4) is 11.8 Å². The fourth-order valence-corrected chi connectivity index (χ4v) is 2.44. The first-order valence-electron chi connectivity index (χ1n) is 6.29. The van der Waals surface area contributed by atoms with Gasteiger partial charge >= 0.3 is 0 Å². The summed E-state index contributed by atoms with van der Waals surface area (Å²) in [6.45, 7) is 2.66. The van der Waals surface area contributed by atoms with Crippen LogP contribution in [0.4, 0.5) is 0 Å². The summed E-state index contributed by atoms with van der Waals surface area (Å²) < 4.78 is 5.74. The summed E-state index contributed by atoms with van der Waals surface area (Å²) in [5.41, 5.74) is 0. The van der Waals surface area contributed by atoms with E-state index in [1.807, 2.05) is 24.3 Å². The number of ether oxygens (including phenoxy) is 1. The van der Waals surface area contributed by atoms with Gasteiger partial charge in [-0.1, -0.05) is 23.7 Å². The van der Waals surface area contributed by atoms with E-state index in [0.717, 1.165) is 13.1 Å². The molecule has 1 aliphatic heterocycles. The van der Waals surface area contributed by atoms with E-state index in [2.05, 4.69) is 11.0 Å². The van der Waals surface area contributed by atoms with Crippen molar-refractivity contribution in [2.24, 2.45) is 0 Å². The zero-order valence-corrected chi connectivity index (χ0v) is 11.1. The molecule has 0 aromatic heterocycles. The summed E-state index contributed by atoms with van der Waals surface area (Å²) in [5.74, 6) is 0.696. The van der Waals surface area contributed by atoms with Gasteiger partial charge in [0.25, 0.3) is 0 Å². The predicted molar refractivity (Wildman–Crippen MR) is 71.8 cm³/mol. The van der Waals surface area contributed by atoms with Gasteiger partial charge in [-0.25, -0.2) is 0 Å². The first-order valence-corrected chi connectivity index (χ1v) is 6.67. The van der Waals surface area contributed by atoms with Crippen LogP contribution in [0, 0.1) is 11.3 Å². The van der Waals surface area contributed by atoms with E-state index in [1.165, 1.54) is 12.8 Å². The van der Waals surface area contributed by atoms with Gasteiger partial charge in [0.2, 0.25) is 0 Å². The predicted octanol–water partition coefficient (Wildman–Crippen LogP) is 3.10. The van der Waals surface area contributed by atoms with E-state index < -0.39 is 0 Å². The lowest BCUT2D eigenvalue weighted by Crippen LogP contribution is -2.37. The van der Waals surface area contributed by atoms with Crippen LogP contribution in [0.2, 0.25) is 5.02 Å². The lowest BCUT2D eigenvalue weighted by Gasteiger charge is -2.25. The fraction of sp³-hybridized carbons (Fsp3) is 0.500. The van der Waals surface area contributed by atoms with E-state index in [0.29, 0.717) is 23.8 Å². The SMILES string of the molecule is N#CCC(COc1ccccc1Cl)N1CCCC1. The van der Waals surface area contributed by atoms with Gasteiger partial charge in [0.05, 0.1) is 23.6 Å². The van der Waals surface area contributed by atoms with E-state index in [-0.39, 0.29) is 6.04 Å². The molecule has 4 heteroatoms. The molecular weight excluding hydrogens is 248 g/mol. The molecule has 0 saturated carbocycles. The average Bonchev–Trinajstić information content (AvgIpc) is 2.90. The second kappa shape index (κ2) is 6.63. The number of benzene rings is 1. The molecule has 18 heavy (non-hydrogen) atoms. The number of hydrogen-bond acceptors (Lipinski definition) is 3. The molecule has 0 radical (unpaired) electrons. The third-order valence-corrected chi connectivity index (χ3v) is 3.56. The summed E-state index contributed by atoms with van der Waals surface area (Å²) in [6.07, 6.45) is 2.94. The highest BCUT2D eigenvalue weighted by Gasteiger charge is 2.22. The standard InChI is InChI=1S/C14H17ClN2O/c15-13-5-1-2-6-14(13)18-11-12(7-8-16)17-9-3-4-10-17/h1-2,5-6,12H,3-4,7,9-11H2. The monoisotopic (exact) mass is 264 g/mol. The van der Waals surface area contributed by atoms with Crippen molar-refractivity contribution in [3.63, 3.8) is 0 Å². The molecule has 1 aromatic rings. The second-order valence-corrected chi connectivity index (χ2v) is 4.91. The Morgan fingerprint density at radius 2 is 2.06 bits per heavy atom. The molecule has 1 atom stereocenters. The summed E-state index contributed by atoms with van der Waals surface area (Å²) in [4.78, 5) is 2.33. The van der Waals surface area contributed by atoms with E-state index >= 15 is 0 Å². The molecule has 1 aromatic carbocycles. The number of nitrogens with zero attached hydrogens (tertiary/aromatic N) is 2. The van der Waals surface area contributed by atoms with Crippen molar-refractivity contribution in [1.82, 2.24) is 4.90 Å². The number of nitriles is 1. The highest BCUT2D eigenvalue weighted by atomic mass is 35.5. The largest absolute Gasteiger partial charge is 0.490 e. The zero-order chi connectivity index (χ0) is 12.8. The van der Waals surface area contributed by atoms with Crippen LogP contribution in [0.1, 0.15) is 19.3 Å². The molecule has 0 bridgehead atoms. The second-order valence-electron chi connectivity index (χ2n) is 4.50. The Morgan fingerprint density at radius 1 is 1.33 bits per heavy atom. The van der Waals surface area contributed by atoms with Crippen molar-refractivity contribution < 1.29 is 4.74 Å². The molecule has 0 spiro atoms. The van der Waals surface area contributed by atoms with Crippen LogP contribution in [0.15, 0.2) is 24.3 Å². The smallest absolute Gasteiger partial charge is 0.137 e. The Bertz CT molecular complexity index is 424. The van der Waals surface area contributed by atoms with E-state index in [9.17, 15) is 0 Å². The van der Waals surface area contributed by atoms with Gasteiger partial charge < -0.3 is 4.74 Å². The van der Waals surface area contributed by atoms with Gasteiger partial charge in [-0.3, -0.25) is 4.90 Å². The summed E-state index contributed by atoms with van der Waals surface area (Å²) in [5, 5.41) is 9.51. The Hall–Kier alpha value is -1.24. The van der Waals surface area contributed by atoms with E-state index in [1.54, 1.807) is 0 Å². The number of rotatable bonds is 5. The van der Waals surface area contributed by atoms with Crippen molar-refractivity contribution in [2.75, 3.05) is 19.7 Å². The molecule has 0 amide bonds. The first-order chi connectivity index (χ1) is 8.81. The summed E-state index contributed by atoms with van der Waals surface area (Å²) in [7, 11) is 0. The Labute approximate surface area is 113 Å². The minimum Gasteiger partial charge on any atom is -0.490 e. The van der Waals surface area contributed by atoms with E-state index in [4.69, 9.17) is 21.6 Å². The fourth-order valence-electron chi connectivity index (χ4n) is 2.25. The van der Waals surface area contributed by atoms with Crippen LogP contribution in [0.5, 0.6) is 5.75 Å². The van der Waals surface area contributed by atoms with Crippen LogP contribution in [-0.2, 0) is 0 Å². The highest BCUT2D eigenvalue weighted by molar-refractivity contribution is 6.32. The highest BCUT2D eigenvalue weighted by Crippen LogP contribution is 2.24. The van der Waals surface area contributed by atoms with Gasteiger partial charge in [0.1, 0.15) is 12.4 Å². The van der Waals surface area contributed by atoms with Gasteiger partial charge in [-0.2, -0.15) is 5.26 Å². The minimum absolute atomic E-state index is 0.175. The number of para-hydroxylation sites is 1. The average molecular weight is 265 g/mol. The van der Waals surface area contributed by atoms with Crippen LogP contribution in [0.3, 0.4) is 0 Å². The van der Waals surface area contributed by atoms with Crippen molar-refractivity contribution in [1.29, 1.82) is 5.26 Å². The van der Waals surface area contributed by atoms with Gasteiger partial charge in [0, 0.05) is 0 Å². The quantitative estimate of drug-likeness (QED) is 0.820. The van der Waals surface area contributed by atoms with Crippen molar-refractivity contribution in [3.05, 3.63) is 29.3 Å². The molecule has 1 fully saturated rings. The number of likely N-dealkylation sites (tertiary alicyclic amines) is 1. The first kappa shape index (κ1) is 13.2. The van der Waals surface area contributed by atoms with Crippen LogP contribution >= 0.6 is 11.6 Å². The maximum Gasteiger partial charge on any atom is 0.137 e. The van der Waals surface area contributed by atoms with Crippen molar-refractivity contribution in [2.45, 2.75) is 25.3 Å². The third-order valence-electron chi connectivity index (χ3n) is 3.25.